The molecule has 0 fully saturated rings. The number of aliphatic hydroxyl groups excluding tert-OH is 1. The van der Waals surface area contributed by atoms with Gasteiger partial charge in [-0.15, -0.1) is 0 Å². The van der Waals surface area contributed by atoms with Crippen LogP contribution in [0.2, 0.25) is 5.02 Å². The fourth-order valence-electron chi connectivity index (χ4n) is 4.37. The van der Waals surface area contributed by atoms with Crippen LogP contribution in [0.3, 0.4) is 0 Å². The first-order valence-electron chi connectivity index (χ1n) is 11.8. The topological polar surface area (TPSA) is 104 Å². The molecule has 0 amide bonds. The highest BCUT2D eigenvalue weighted by Gasteiger charge is 2.26. The van der Waals surface area contributed by atoms with Crippen molar-refractivity contribution in [2.45, 2.75) is 52.0 Å². The predicted molar refractivity (Wildman–Crippen MR) is 136 cm³/mol. The lowest BCUT2D eigenvalue weighted by Crippen LogP contribution is -2.38. The van der Waals surface area contributed by atoms with Gasteiger partial charge in [0.1, 0.15) is 36.1 Å². The number of hydrogen-bond acceptors (Lipinski definition) is 7. The van der Waals surface area contributed by atoms with E-state index < -0.39 is 6.04 Å². The van der Waals surface area contributed by atoms with Gasteiger partial charge in [0.25, 0.3) is 0 Å². The molecule has 2 atom stereocenters. The standard InChI is InChI=1S/C28H28ClN3O4/c1-17-4-3-5-23-22(17)6-7-26(23)36-28-10-27(35-16-20-8-19(11-30)12-31-13-20)21(9-24(28)29)14-32-25(15-33)18(2)34/h3-5,8-10,12-13,25-26,32-33H,6-7,14-16H2,1-2H3/t25-,26-/m0/s1. The molecule has 36 heavy (non-hydrogen) atoms. The molecule has 186 valence electrons. The Hall–Kier alpha value is -3.44. The van der Waals surface area contributed by atoms with E-state index in [0.29, 0.717) is 27.6 Å². The predicted octanol–water partition coefficient (Wildman–Crippen LogP) is 4.60. The molecule has 0 saturated carbocycles. The summed E-state index contributed by atoms with van der Waals surface area (Å²) in [5.41, 5.74) is 5.64. The fraction of sp³-hybridized carbons (Fsp3) is 0.321. The number of nitrogens with one attached hydrogen (secondary N) is 1. The number of Topliss-reactive ketones (excluding diaryl/α,β-unsaturated/α-hetero) is 1. The monoisotopic (exact) mass is 505 g/mol. The van der Waals surface area contributed by atoms with Crippen LogP contribution >= 0.6 is 11.6 Å². The molecule has 7 nitrogen and oxygen atoms in total. The smallest absolute Gasteiger partial charge is 0.149 e. The van der Waals surface area contributed by atoms with E-state index in [1.54, 1.807) is 24.4 Å². The number of fused-ring (bicyclic) bond motifs is 1. The van der Waals surface area contributed by atoms with Crippen molar-refractivity contribution in [1.82, 2.24) is 10.3 Å². The average molecular weight is 506 g/mol. The maximum absolute atomic E-state index is 11.8. The third-order valence-corrected chi connectivity index (χ3v) is 6.66. The molecule has 4 rings (SSSR count). The number of rotatable bonds is 10. The molecule has 2 N–H and O–H groups in total. The summed E-state index contributed by atoms with van der Waals surface area (Å²) in [5.74, 6) is 0.858. The number of ether oxygens (including phenoxy) is 2. The number of nitriles is 1. The Morgan fingerprint density at radius 2 is 2.14 bits per heavy atom. The molecule has 0 bridgehead atoms. The number of pyridine rings is 1. The number of hydrogen-bond donors (Lipinski definition) is 2. The van der Waals surface area contributed by atoms with E-state index in [2.05, 4.69) is 35.4 Å². The fourth-order valence-corrected chi connectivity index (χ4v) is 4.60. The highest BCUT2D eigenvalue weighted by Crippen LogP contribution is 2.40. The van der Waals surface area contributed by atoms with Gasteiger partial charge in [-0.05, 0) is 55.5 Å². The number of aliphatic hydroxyl groups is 1. The Balaban J connectivity index is 1.60. The van der Waals surface area contributed by atoms with Crippen LogP contribution in [0.15, 0.2) is 48.8 Å². The summed E-state index contributed by atoms with van der Waals surface area (Å²) in [6.45, 7) is 3.65. The van der Waals surface area contributed by atoms with E-state index >= 15 is 0 Å². The minimum absolute atomic E-state index is 0.109. The second kappa shape index (κ2) is 11.5. The number of halogens is 1. The molecule has 0 spiro atoms. The number of aromatic nitrogens is 1. The lowest BCUT2D eigenvalue weighted by molar-refractivity contribution is -0.119. The van der Waals surface area contributed by atoms with Gasteiger partial charge in [0.05, 0.1) is 23.2 Å². The normalized spacial score (nSPS) is 15.1. The van der Waals surface area contributed by atoms with Crippen LogP contribution in [-0.4, -0.2) is 28.5 Å². The molecule has 2 aromatic carbocycles. The van der Waals surface area contributed by atoms with Crippen molar-refractivity contribution in [1.29, 1.82) is 5.26 Å². The van der Waals surface area contributed by atoms with Crippen molar-refractivity contribution in [2.24, 2.45) is 0 Å². The van der Waals surface area contributed by atoms with Crippen molar-refractivity contribution in [3.05, 3.63) is 87.2 Å². The van der Waals surface area contributed by atoms with Crippen LogP contribution in [0.25, 0.3) is 0 Å². The van der Waals surface area contributed by atoms with Gasteiger partial charge in [-0.2, -0.15) is 5.26 Å². The van der Waals surface area contributed by atoms with Gasteiger partial charge in [-0.25, -0.2) is 0 Å². The second-order valence-electron chi connectivity index (χ2n) is 8.89. The molecular formula is C28H28ClN3O4. The van der Waals surface area contributed by atoms with Crippen molar-refractivity contribution in [3.63, 3.8) is 0 Å². The molecule has 0 aliphatic heterocycles. The first-order chi connectivity index (χ1) is 17.4. The van der Waals surface area contributed by atoms with E-state index in [9.17, 15) is 9.90 Å². The van der Waals surface area contributed by atoms with E-state index in [1.165, 1.54) is 29.8 Å². The molecule has 0 saturated heterocycles. The minimum atomic E-state index is -0.692. The van der Waals surface area contributed by atoms with Crippen molar-refractivity contribution < 1.29 is 19.4 Å². The Labute approximate surface area is 215 Å². The van der Waals surface area contributed by atoms with Crippen LogP contribution in [0.1, 0.15) is 52.8 Å². The highest BCUT2D eigenvalue weighted by atomic mass is 35.5. The van der Waals surface area contributed by atoms with Crippen LogP contribution in [0, 0.1) is 18.3 Å². The molecule has 3 aromatic rings. The number of ketones is 1. The Morgan fingerprint density at radius 1 is 1.31 bits per heavy atom. The van der Waals surface area contributed by atoms with Gasteiger partial charge in [0.15, 0.2) is 0 Å². The summed E-state index contributed by atoms with van der Waals surface area (Å²) < 4.78 is 12.5. The van der Waals surface area contributed by atoms with Gasteiger partial charge in [0.2, 0.25) is 0 Å². The largest absolute Gasteiger partial charge is 0.488 e. The van der Waals surface area contributed by atoms with Crippen LogP contribution < -0.4 is 14.8 Å². The number of aryl methyl sites for hydroxylation is 1. The zero-order chi connectivity index (χ0) is 25.7. The summed E-state index contributed by atoms with van der Waals surface area (Å²) >= 11 is 6.64. The Morgan fingerprint density at radius 3 is 2.89 bits per heavy atom. The van der Waals surface area contributed by atoms with Crippen LogP contribution in [0.4, 0.5) is 0 Å². The molecule has 1 heterocycles. The first-order valence-corrected chi connectivity index (χ1v) is 12.2. The lowest BCUT2D eigenvalue weighted by Gasteiger charge is -2.20. The van der Waals surface area contributed by atoms with Crippen molar-refractivity contribution in [3.8, 4) is 17.6 Å². The zero-order valence-corrected chi connectivity index (χ0v) is 21.0. The lowest BCUT2D eigenvalue weighted by atomic mass is 10.0. The average Bonchev–Trinajstić information content (AvgIpc) is 3.29. The molecule has 1 aromatic heterocycles. The molecular weight excluding hydrogens is 478 g/mol. The Bertz CT molecular complexity index is 1300. The number of nitrogens with zero attached hydrogens (tertiary/aromatic N) is 2. The number of carbonyl (C=O) groups is 1. The van der Waals surface area contributed by atoms with Crippen molar-refractivity contribution >= 4 is 17.4 Å². The minimum Gasteiger partial charge on any atom is -0.488 e. The van der Waals surface area contributed by atoms with Gasteiger partial charge in [-0.3, -0.25) is 9.78 Å². The van der Waals surface area contributed by atoms with Crippen LogP contribution in [-0.2, 0) is 24.4 Å². The quantitative estimate of drug-likeness (QED) is 0.415. The molecule has 0 unspecified atom stereocenters. The SMILES string of the molecule is CC(=O)[C@H](CO)NCc1cc(Cl)c(O[C@H]2CCc3c(C)cccc32)cc1OCc1cncc(C#N)c1. The maximum atomic E-state index is 11.8. The Kier molecular flexibility index (Phi) is 8.21. The van der Waals surface area contributed by atoms with Gasteiger partial charge in [-0.1, -0.05) is 29.8 Å². The summed E-state index contributed by atoms with van der Waals surface area (Å²) in [4.78, 5) is 15.8. The highest BCUT2D eigenvalue weighted by molar-refractivity contribution is 6.32. The zero-order valence-electron chi connectivity index (χ0n) is 20.3. The van der Waals surface area contributed by atoms with Crippen LogP contribution in [0.5, 0.6) is 11.5 Å². The second-order valence-corrected chi connectivity index (χ2v) is 9.29. The summed E-state index contributed by atoms with van der Waals surface area (Å²) in [5, 5.41) is 22.1. The van der Waals surface area contributed by atoms with E-state index in [4.69, 9.17) is 26.3 Å². The van der Waals surface area contributed by atoms with E-state index in [0.717, 1.165) is 18.4 Å². The van der Waals surface area contributed by atoms with Gasteiger partial charge in [0, 0.05) is 36.1 Å². The number of carbonyl (C=O) groups excluding carboxylic acids is 1. The third kappa shape index (κ3) is 5.85. The maximum Gasteiger partial charge on any atom is 0.149 e. The summed E-state index contributed by atoms with van der Waals surface area (Å²) in [6.07, 6.45) is 4.83. The first kappa shape index (κ1) is 25.6. The molecule has 1 aliphatic rings. The molecule has 8 heteroatoms. The molecule has 1 aliphatic carbocycles. The van der Waals surface area contributed by atoms with Gasteiger partial charge >= 0.3 is 0 Å². The molecule has 0 radical (unpaired) electrons. The number of benzene rings is 2. The van der Waals surface area contributed by atoms with E-state index in [-0.39, 0.29) is 31.6 Å². The summed E-state index contributed by atoms with van der Waals surface area (Å²) in [6, 6.07) is 12.9. The van der Waals surface area contributed by atoms with E-state index in [1.807, 2.05) is 6.07 Å². The van der Waals surface area contributed by atoms with Crippen molar-refractivity contribution in [2.75, 3.05) is 6.61 Å². The third-order valence-electron chi connectivity index (χ3n) is 6.36. The van der Waals surface area contributed by atoms with Gasteiger partial charge < -0.3 is 19.9 Å². The summed E-state index contributed by atoms with van der Waals surface area (Å²) in [7, 11) is 0.